The second-order valence-electron chi connectivity index (χ2n) is 6.76. The second-order valence-corrected chi connectivity index (χ2v) is 6.76. The summed E-state index contributed by atoms with van der Waals surface area (Å²) < 4.78 is 21.4. The van der Waals surface area contributed by atoms with Gasteiger partial charge in [0.25, 0.3) is 0 Å². The van der Waals surface area contributed by atoms with Crippen LogP contribution in [0.5, 0.6) is 0 Å². The molecule has 6 nitrogen and oxygen atoms in total. The molecule has 7 heteroatoms. The van der Waals surface area contributed by atoms with Crippen molar-refractivity contribution in [3.63, 3.8) is 0 Å². The van der Waals surface area contributed by atoms with Gasteiger partial charge in [0, 0.05) is 23.7 Å². The minimum atomic E-state index is -0.409. The van der Waals surface area contributed by atoms with Gasteiger partial charge in [0.2, 0.25) is 0 Å². The molecule has 2 aromatic heterocycles. The molecule has 1 fully saturated rings. The van der Waals surface area contributed by atoms with Gasteiger partial charge < -0.3 is 15.8 Å². The van der Waals surface area contributed by atoms with Crippen LogP contribution in [0.25, 0.3) is 10.9 Å². The van der Waals surface area contributed by atoms with Gasteiger partial charge in [-0.1, -0.05) is 0 Å². The Morgan fingerprint density at radius 3 is 2.88 bits per heavy atom. The van der Waals surface area contributed by atoms with Gasteiger partial charge in [-0.25, -0.2) is 14.1 Å². The van der Waals surface area contributed by atoms with Crippen molar-refractivity contribution in [3.05, 3.63) is 41.5 Å². The normalized spacial score (nSPS) is 17.6. The molecular formula is C19H22FN5O. The van der Waals surface area contributed by atoms with Gasteiger partial charge in [0.15, 0.2) is 12.0 Å². The molecule has 0 bridgehead atoms. The maximum absolute atomic E-state index is 13.6. The van der Waals surface area contributed by atoms with Crippen molar-refractivity contribution in [1.82, 2.24) is 14.8 Å². The Morgan fingerprint density at radius 1 is 1.27 bits per heavy atom. The molecule has 0 amide bonds. The zero-order valence-corrected chi connectivity index (χ0v) is 14.9. The van der Waals surface area contributed by atoms with Gasteiger partial charge in [-0.2, -0.15) is 5.10 Å². The smallest absolute Gasteiger partial charge is 0.154 e. The van der Waals surface area contributed by atoms with E-state index in [1.54, 1.807) is 6.92 Å². The van der Waals surface area contributed by atoms with Crippen molar-refractivity contribution in [2.45, 2.75) is 39.3 Å². The summed E-state index contributed by atoms with van der Waals surface area (Å²) in [6.45, 7) is 4.43. The second kappa shape index (κ2) is 6.57. The van der Waals surface area contributed by atoms with E-state index < -0.39 is 5.82 Å². The summed E-state index contributed by atoms with van der Waals surface area (Å²) in [7, 11) is 0. The molecule has 3 aromatic rings. The van der Waals surface area contributed by atoms with Crippen molar-refractivity contribution >= 4 is 28.1 Å². The van der Waals surface area contributed by atoms with E-state index in [1.807, 2.05) is 29.9 Å². The van der Waals surface area contributed by atoms with Crippen LogP contribution in [0.1, 0.15) is 36.7 Å². The van der Waals surface area contributed by atoms with E-state index in [4.69, 9.17) is 10.5 Å². The third-order valence-electron chi connectivity index (χ3n) is 4.75. The number of nitrogens with zero attached hydrogens (tertiary/aromatic N) is 3. The molecule has 4 rings (SSSR count). The summed E-state index contributed by atoms with van der Waals surface area (Å²) in [4.78, 5) is 4.20. The van der Waals surface area contributed by atoms with E-state index in [0.717, 1.165) is 48.0 Å². The summed E-state index contributed by atoms with van der Waals surface area (Å²) in [6, 6.07) is 5.30. The molecule has 0 saturated carbocycles. The van der Waals surface area contributed by atoms with Crippen molar-refractivity contribution < 1.29 is 9.13 Å². The van der Waals surface area contributed by atoms with Gasteiger partial charge in [-0.15, -0.1) is 0 Å². The number of aryl methyl sites for hydroxylation is 2. The van der Waals surface area contributed by atoms with Gasteiger partial charge in [0.05, 0.1) is 23.1 Å². The minimum Gasteiger partial charge on any atom is -0.396 e. The first-order valence-electron chi connectivity index (χ1n) is 8.82. The number of nitrogen functional groups attached to an aromatic ring is 1. The van der Waals surface area contributed by atoms with E-state index in [9.17, 15) is 4.39 Å². The largest absolute Gasteiger partial charge is 0.396 e. The molecule has 0 aliphatic carbocycles. The quantitative estimate of drug-likeness (QED) is 0.736. The van der Waals surface area contributed by atoms with Crippen LogP contribution in [-0.2, 0) is 4.74 Å². The number of hydrogen-bond acceptors (Lipinski definition) is 5. The van der Waals surface area contributed by atoms with E-state index in [1.165, 1.54) is 6.07 Å². The molecule has 1 unspecified atom stereocenters. The topological polar surface area (TPSA) is 78.0 Å². The molecule has 136 valence electrons. The molecule has 1 aliphatic rings. The highest BCUT2D eigenvalue weighted by Gasteiger charge is 2.20. The average Bonchev–Trinajstić information content (AvgIpc) is 3.05. The molecule has 1 saturated heterocycles. The Hall–Kier alpha value is -2.67. The van der Waals surface area contributed by atoms with E-state index in [0.29, 0.717) is 11.5 Å². The summed E-state index contributed by atoms with van der Waals surface area (Å²) in [6.07, 6.45) is 5.08. The Kier molecular flexibility index (Phi) is 4.24. The molecule has 1 atom stereocenters. The lowest BCUT2D eigenvalue weighted by molar-refractivity contribution is -0.0367. The summed E-state index contributed by atoms with van der Waals surface area (Å²) in [5, 5.41) is 8.75. The predicted molar refractivity (Wildman–Crippen MR) is 99.9 cm³/mol. The standard InChI is InChI=1S/C19H22FN5O/c1-11-7-14(24-19-16(21)9-15(20)12(2)23-19)8-13-10-22-25(18(11)13)17-5-3-4-6-26-17/h7-10,17H,3-6,21H2,1-2H3,(H,23,24). The molecule has 1 aromatic carbocycles. The van der Waals surface area contributed by atoms with Gasteiger partial charge in [-0.05, 0) is 50.8 Å². The van der Waals surface area contributed by atoms with Crippen molar-refractivity contribution in [2.24, 2.45) is 0 Å². The van der Waals surface area contributed by atoms with Crippen LogP contribution in [0.2, 0.25) is 0 Å². The third-order valence-corrected chi connectivity index (χ3v) is 4.75. The Labute approximate surface area is 151 Å². The summed E-state index contributed by atoms with van der Waals surface area (Å²) in [5.74, 6) is 0.0408. The zero-order chi connectivity index (χ0) is 18.3. The van der Waals surface area contributed by atoms with Crippen LogP contribution in [-0.4, -0.2) is 21.4 Å². The maximum Gasteiger partial charge on any atom is 0.154 e. The number of anilines is 3. The molecule has 0 radical (unpaired) electrons. The maximum atomic E-state index is 13.6. The highest BCUT2D eigenvalue weighted by atomic mass is 19.1. The van der Waals surface area contributed by atoms with Gasteiger partial charge >= 0.3 is 0 Å². The summed E-state index contributed by atoms with van der Waals surface area (Å²) >= 11 is 0. The van der Waals surface area contributed by atoms with Crippen molar-refractivity contribution in [2.75, 3.05) is 17.7 Å². The fourth-order valence-corrected chi connectivity index (χ4v) is 3.44. The van der Waals surface area contributed by atoms with E-state index in [2.05, 4.69) is 15.4 Å². The number of halogens is 1. The lowest BCUT2D eigenvalue weighted by atomic mass is 10.1. The SMILES string of the molecule is Cc1nc(Nc2cc(C)c3c(cnn3C3CCCCO3)c2)c(N)cc1F. The minimum absolute atomic E-state index is 0.00387. The average molecular weight is 355 g/mol. The molecule has 3 N–H and O–H groups in total. The summed E-state index contributed by atoms with van der Waals surface area (Å²) in [5.41, 5.74) is 9.46. The predicted octanol–water partition coefficient (Wildman–Crippen LogP) is 4.21. The number of nitrogens with one attached hydrogen (secondary N) is 1. The molecule has 1 aliphatic heterocycles. The number of ether oxygens (including phenoxy) is 1. The first-order valence-corrected chi connectivity index (χ1v) is 8.82. The van der Waals surface area contributed by atoms with Crippen LogP contribution in [0.4, 0.5) is 21.6 Å². The van der Waals surface area contributed by atoms with Crippen molar-refractivity contribution in [1.29, 1.82) is 0 Å². The molecule has 3 heterocycles. The number of rotatable bonds is 3. The highest BCUT2D eigenvalue weighted by Crippen LogP contribution is 2.31. The number of aromatic nitrogens is 3. The monoisotopic (exact) mass is 355 g/mol. The lowest BCUT2D eigenvalue weighted by Gasteiger charge is -2.24. The van der Waals surface area contributed by atoms with Gasteiger partial charge in [-0.3, -0.25) is 0 Å². The first kappa shape index (κ1) is 16.8. The first-order chi connectivity index (χ1) is 12.5. The number of hydrogen-bond donors (Lipinski definition) is 2. The molecule has 0 spiro atoms. The number of pyridine rings is 1. The zero-order valence-electron chi connectivity index (χ0n) is 14.9. The molecule has 26 heavy (non-hydrogen) atoms. The number of benzene rings is 1. The van der Waals surface area contributed by atoms with Crippen molar-refractivity contribution in [3.8, 4) is 0 Å². The lowest BCUT2D eigenvalue weighted by Crippen LogP contribution is -2.19. The van der Waals surface area contributed by atoms with Crippen LogP contribution >= 0.6 is 0 Å². The van der Waals surface area contributed by atoms with Crippen LogP contribution in [0, 0.1) is 19.7 Å². The Bertz CT molecular complexity index is 962. The highest BCUT2D eigenvalue weighted by molar-refractivity contribution is 5.87. The fraction of sp³-hybridized carbons (Fsp3) is 0.368. The molecular weight excluding hydrogens is 333 g/mol. The van der Waals surface area contributed by atoms with Crippen LogP contribution < -0.4 is 11.1 Å². The Balaban J connectivity index is 1.69. The van der Waals surface area contributed by atoms with Crippen LogP contribution in [0.3, 0.4) is 0 Å². The van der Waals surface area contributed by atoms with E-state index in [-0.39, 0.29) is 11.9 Å². The Morgan fingerprint density at radius 2 is 2.12 bits per heavy atom. The van der Waals surface area contributed by atoms with Gasteiger partial charge in [0.1, 0.15) is 5.82 Å². The number of fused-ring (bicyclic) bond motifs is 1. The van der Waals surface area contributed by atoms with E-state index >= 15 is 0 Å². The number of nitrogens with two attached hydrogens (primary N) is 1. The third kappa shape index (κ3) is 2.99. The van der Waals surface area contributed by atoms with Crippen LogP contribution in [0.15, 0.2) is 24.4 Å². The fourth-order valence-electron chi connectivity index (χ4n) is 3.44.